The van der Waals surface area contributed by atoms with Gasteiger partial charge in [0, 0.05) is 19.3 Å². The summed E-state index contributed by atoms with van der Waals surface area (Å²) in [6.45, 7) is 5.76. The van der Waals surface area contributed by atoms with Crippen molar-refractivity contribution in [2.45, 2.75) is 26.4 Å². The lowest BCUT2D eigenvalue weighted by Gasteiger charge is -2.27. The summed E-state index contributed by atoms with van der Waals surface area (Å²) in [5, 5.41) is 18.7. The Morgan fingerprint density at radius 1 is 1.50 bits per heavy atom. The van der Waals surface area contributed by atoms with E-state index >= 15 is 0 Å². The lowest BCUT2D eigenvalue weighted by molar-refractivity contribution is 0.0884. The highest BCUT2D eigenvalue weighted by atomic mass is 16.3. The van der Waals surface area contributed by atoms with Crippen LogP contribution in [-0.4, -0.2) is 29.3 Å². The molecule has 0 aliphatic rings. The molecule has 1 aromatic heterocycles. The van der Waals surface area contributed by atoms with Crippen LogP contribution in [0.3, 0.4) is 0 Å². The third-order valence-electron chi connectivity index (χ3n) is 2.12. The summed E-state index contributed by atoms with van der Waals surface area (Å²) in [5.41, 5.74) is 0.571. The third kappa shape index (κ3) is 3.21. The largest absolute Gasteiger partial charge is 0.389 e. The molecule has 0 fully saturated rings. The molecular formula is C12H17N3O. The lowest BCUT2D eigenvalue weighted by Crippen LogP contribution is -2.37. The fraction of sp³-hybridized carbons (Fsp3) is 0.500. The second-order valence-electron chi connectivity index (χ2n) is 4.60. The Kier molecular flexibility index (Phi) is 3.51. The van der Waals surface area contributed by atoms with E-state index < -0.39 is 5.60 Å². The van der Waals surface area contributed by atoms with E-state index in [9.17, 15) is 5.11 Å². The fourth-order valence-corrected chi connectivity index (χ4v) is 1.58. The molecule has 1 heterocycles. The predicted octanol–water partition coefficient (Wildman–Crippen LogP) is 1.47. The Balaban J connectivity index is 3.03. The maximum atomic E-state index is 9.73. The Morgan fingerprint density at radius 2 is 2.12 bits per heavy atom. The number of hydrogen-bond donors (Lipinski definition) is 1. The van der Waals surface area contributed by atoms with Crippen molar-refractivity contribution in [2.75, 3.05) is 18.5 Å². The lowest BCUT2D eigenvalue weighted by atomic mass is 10.1. The number of pyridine rings is 1. The topological polar surface area (TPSA) is 60.2 Å². The van der Waals surface area contributed by atoms with Gasteiger partial charge in [-0.05, 0) is 32.9 Å². The molecular weight excluding hydrogens is 202 g/mol. The summed E-state index contributed by atoms with van der Waals surface area (Å²) in [4.78, 5) is 6.12. The molecule has 0 bridgehead atoms. The Morgan fingerprint density at radius 3 is 2.62 bits per heavy atom. The minimum absolute atomic E-state index is 0.429. The first-order chi connectivity index (χ1) is 7.33. The highest BCUT2D eigenvalue weighted by Crippen LogP contribution is 2.18. The average molecular weight is 219 g/mol. The van der Waals surface area contributed by atoms with Gasteiger partial charge in [-0.3, -0.25) is 0 Å². The van der Waals surface area contributed by atoms with Crippen molar-refractivity contribution >= 4 is 5.82 Å². The van der Waals surface area contributed by atoms with Crippen LogP contribution in [0.4, 0.5) is 5.82 Å². The van der Waals surface area contributed by atoms with Crippen molar-refractivity contribution in [1.29, 1.82) is 5.26 Å². The van der Waals surface area contributed by atoms with Crippen LogP contribution in [0.15, 0.2) is 12.1 Å². The van der Waals surface area contributed by atoms with Gasteiger partial charge in [0.2, 0.25) is 0 Å². The molecule has 0 saturated carbocycles. The standard InChI is InChI=1S/C12H17N3O/c1-9-5-6-10(7-13)11(14-9)15(4)8-12(2,3)16/h5-6,16H,8H2,1-4H3. The van der Waals surface area contributed by atoms with Crippen molar-refractivity contribution in [1.82, 2.24) is 4.98 Å². The summed E-state index contributed by atoms with van der Waals surface area (Å²) in [6.07, 6.45) is 0. The summed E-state index contributed by atoms with van der Waals surface area (Å²) in [7, 11) is 1.82. The molecule has 1 N–H and O–H groups in total. The van der Waals surface area contributed by atoms with Gasteiger partial charge in [0.1, 0.15) is 11.9 Å². The third-order valence-corrected chi connectivity index (χ3v) is 2.12. The van der Waals surface area contributed by atoms with Gasteiger partial charge < -0.3 is 10.0 Å². The number of hydrogen-bond acceptors (Lipinski definition) is 4. The van der Waals surface area contributed by atoms with E-state index in [1.807, 2.05) is 14.0 Å². The van der Waals surface area contributed by atoms with Crippen LogP contribution < -0.4 is 4.90 Å². The van der Waals surface area contributed by atoms with Crippen LogP contribution in [-0.2, 0) is 0 Å². The zero-order valence-corrected chi connectivity index (χ0v) is 10.2. The first kappa shape index (κ1) is 12.5. The minimum Gasteiger partial charge on any atom is -0.389 e. The molecule has 0 atom stereocenters. The number of anilines is 1. The Hall–Kier alpha value is -1.60. The van der Waals surface area contributed by atoms with E-state index in [0.29, 0.717) is 17.9 Å². The molecule has 0 amide bonds. The van der Waals surface area contributed by atoms with E-state index in [4.69, 9.17) is 5.26 Å². The highest BCUT2D eigenvalue weighted by molar-refractivity contribution is 5.53. The number of aryl methyl sites for hydroxylation is 1. The number of rotatable bonds is 3. The normalized spacial score (nSPS) is 11.0. The van der Waals surface area contributed by atoms with Crippen LogP contribution in [0, 0.1) is 18.3 Å². The molecule has 0 unspecified atom stereocenters. The first-order valence-corrected chi connectivity index (χ1v) is 5.15. The SMILES string of the molecule is Cc1ccc(C#N)c(N(C)CC(C)(C)O)n1. The number of nitriles is 1. The predicted molar refractivity (Wildman–Crippen MR) is 63.3 cm³/mol. The molecule has 4 heteroatoms. The monoisotopic (exact) mass is 219 g/mol. The maximum absolute atomic E-state index is 9.73. The van der Waals surface area contributed by atoms with Gasteiger partial charge in [0.15, 0.2) is 0 Å². The first-order valence-electron chi connectivity index (χ1n) is 5.15. The highest BCUT2D eigenvalue weighted by Gasteiger charge is 2.18. The summed E-state index contributed by atoms with van der Waals surface area (Å²) in [5.74, 6) is 0.615. The molecule has 0 saturated heterocycles. The number of aliphatic hydroxyl groups is 1. The molecule has 0 aromatic carbocycles. The van der Waals surface area contributed by atoms with Crippen molar-refractivity contribution < 1.29 is 5.11 Å². The van der Waals surface area contributed by atoms with Crippen LogP contribution >= 0.6 is 0 Å². The van der Waals surface area contributed by atoms with Crippen molar-refractivity contribution in [3.63, 3.8) is 0 Å². The molecule has 1 rings (SSSR count). The van der Waals surface area contributed by atoms with Gasteiger partial charge in [-0.25, -0.2) is 4.98 Å². The van der Waals surface area contributed by atoms with E-state index in [1.54, 1.807) is 30.9 Å². The van der Waals surface area contributed by atoms with Gasteiger partial charge in [-0.2, -0.15) is 5.26 Å². The second kappa shape index (κ2) is 4.50. The Labute approximate surface area is 96.2 Å². The molecule has 86 valence electrons. The average Bonchev–Trinajstić information content (AvgIpc) is 2.15. The van der Waals surface area contributed by atoms with Crippen molar-refractivity contribution in [3.05, 3.63) is 23.4 Å². The number of nitrogens with zero attached hydrogens (tertiary/aromatic N) is 3. The van der Waals surface area contributed by atoms with Crippen molar-refractivity contribution in [2.24, 2.45) is 0 Å². The zero-order chi connectivity index (χ0) is 12.3. The molecule has 0 aliphatic carbocycles. The fourth-order valence-electron chi connectivity index (χ4n) is 1.58. The van der Waals surface area contributed by atoms with E-state index in [1.165, 1.54) is 0 Å². The zero-order valence-electron chi connectivity index (χ0n) is 10.2. The van der Waals surface area contributed by atoms with Gasteiger partial charge in [-0.15, -0.1) is 0 Å². The number of likely N-dealkylation sites (N-methyl/N-ethyl adjacent to an activating group) is 1. The minimum atomic E-state index is -0.813. The Bertz CT molecular complexity index is 415. The second-order valence-corrected chi connectivity index (χ2v) is 4.60. The quantitative estimate of drug-likeness (QED) is 0.836. The summed E-state index contributed by atoms with van der Waals surface area (Å²) < 4.78 is 0. The van der Waals surface area contributed by atoms with E-state index in [0.717, 1.165) is 5.69 Å². The molecule has 0 spiro atoms. The van der Waals surface area contributed by atoms with Gasteiger partial charge in [0.25, 0.3) is 0 Å². The summed E-state index contributed by atoms with van der Waals surface area (Å²) in [6, 6.07) is 5.66. The van der Waals surface area contributed by atoms with Gasteiger partial charge in [0.05, 0.1) is 11.2 Å². The van der Waals surface area contributed by atoms with Crippen molar-refractivity contribution in [3.8, 4) is 6.07 Å². The van der Waals surface area contributed by atoms with Gasteiger partial charge in [-0.1, -0.05) is 0 Å². The van der Waals surface area contributed by atoms with E-state index in [-0.39, 0.29) is 0 Å². The van der Waals surface area contributed by atoms with Crippen LogP contribution in [0.25, 0.3) is 0 Å². The van der Waals surface area contributed by atoms with Crippen LogP contribution in [0.5, 0.6) is 0 Å². The summed E-state index contributed by atoms with van der Waals surface area (Å²) >= 11 is 0. The molecule has 1 aromatic rings. The molecule has 0 radical (unpaired) electrons. The molecule has 4 nitrogen and oxygen atoms in total. The maximum Gasteiger partial charge on any atom is 0.146 e. The van der Waals surface area contributed by atoms with Crippen LogP contribution in [0.1, 0.15) is 25.1 Å². The smallest absolute Gasteiger partial charge is 0.146 e. The van der Waals surface area contributed by atoms with E-state index in [2.05, 4.69) is 11.1 Å². The van der Waals surface area contributed by atoms with Gasteiger partial charge >= 0.3 is 0 Å². The number of aromatic nitrogens is 1. The van der Waals surface area contributed by atoms with Crippen LogP contribution in [0.2, 0.25) is 0 Å². The molecule has 16 heavy (non-hydrogen) atoms. The molecule has 0 aliphatic heterocycles.